The fourth-order valence-electron chi connectivity index (χ4n) is 2.33. The van der Waals surface area contributed by atoms with E-state index in [0.29, 0.717) is 33.0 Å². The van der Waals surface area contributed by atoms with E-state index in [1.54, 1.807) is 24.3 Å². The molecule has 1 atom stereocenters. The summed E-state index contributed by atoms with van der Waals surface area (Å²) in [6.07, 6.45) is 0.695. The molecule has 2 N–H and O–H groups in total. The summed E-state index contributed by atoms with van der Waals surface area (Å²) in [7, 11) is 0. The summed E-state index contributed by atoms with van der Waals surface area (Å²) in [5.41, 5.74) is 3.12. The molecule has 136 valence electrons. The highest BCUT2D eigenvalue weighted by molar-refractivity contribution is 14.1. The maximum Gasteiger partial charge on any atom is 0.284 e. The van der Waals surface area contributed by atoms with Gasteiger partial charge < -0.3 is 19.3 Å². The molecule has 0 spiro atoms. The first-order valence-corrected chi connectivity index (χ1v) is 9.03. The first-order valence-electron chi connectivity index (χ1n) is 7.95. The Hall–Kier alpha value is -2.49. The van der Waals surface area contributed by atoms with Gasteiger partial charge in [-0.25, -0.2) is 5.43 Å². The van der Waals surface area contributed by atoms with Crippen LogP contribution in [0.25, 0.3) is 0 Å². The van der Waals surface area contributed by atoms with E-state index >= 15 is 0 Å². The van der Waals surface area contributed by atoms with E-state index in [9.17, 15) is 9.90 Å². The third kappa shape index (κ3) is 4.18. The number of carbonyl (C=O) groups is 1. The number of hydrogen-bond acceptors (Lipinski definition) is 6. The van der Waals surface area contributed by atoms with Gasteiger partial charge in [0.05, 0.1) is 16.4 Å². The lowest BCUT2D eigenvalue weighted by molar-refractivity contribution is -0.130. The number of fused-ring (bicyclic) bond motifs is 1. The average Bonchev–Trinajstić information content (AvgIpc) is 2.65. The molecule has 0 aliphatic carbocycles. The van der Waals surface area contributed by atoms with Gasteiger partial charge in [-0.15, -0.1) is 0 Å². The summed E-state index contributed by atoms with van der Waals surface area (Å²) in [4.78, 5) is 12.2. The number of hydrogen-bond donors (Lipinski definition) is 2. The van der Waals surface area contributed by atoms with E-state index in [2.05, 4.69) is 10.5 Å². The topological polar surface area (TPSA) is 89.4 Å². The molecule has 1 aliphatic heterocycles. The van der Waals surface area contributed by atoms with Crippen molar-refractivity contribution in [1.82, 2.24) is 5.43 Å². The Labute approximate surface area is 164 Å². The lowest BCUT2D eigenvalue weighted by Crippen LogP contribution is -2.42. The van der Waals surface area contributed by atoms with Gasteiger partial charge in [0.1, 0.15) is 6.61 Å². The summed E-state index contributed by atoms with van der Waals surface area (Å²) in [5, 5.41) is 13.9. The Morgan fingerprint density at radius 2 is 2.19 bits per heavy atom. The van der Waals surface area contributed by atoms with Crippen molar-refractivity contribution in [3.8, 4) is 23.0 Å². The third-order valence-electron chi connectivity index (χ3n) is 3.54. The molecule has 0 bridgehead atoms. The number of phenols is 1. The minimum atomic E-state index is -0.777. The maximum absolute atomic E-state index is 12.2. The van der Waals surface area contributed by atoms with E-state index in [1.165, 1.54) is 6.21 Å². The molecule has 26 heavy (non-hydrogen) atoms. The fourth-order valence-corrected chi connectivity index (χ4v) is 2.95. The normalized spacial score (nSPS) is 15.7. The molecule has 1 aliphatic rings. The predicted octanol–water partition coefficient (Wildman–Crippen LogP) is 2.69. The molecule has 2 aromatic rings. The largest absolute Gasteiger partial charge is 0.504 e. The minimum Gasteiger partial charge on any atom is -0.504 e. The number of aromatic hydroxyl groups is 1. The number of phenolic OH excluding ortho intramolecular Hbond substituents is 1. The van der Waals surface area contributed by atoms with Crippen molar-refractivity contribution in [2.75, 3.05) is 13.2 Å². The first kappa shape index (κ1) is 18.3. The Kier molecular flexibility index (Phi) is 5.82. The summed E-state index contributed by atoms with van der Waals surface area (Å²) in [6.45, 7) is 2.38. The van der Waals surface area contributed by atoms with E-state index in [4.69, 9.17) is 14.2 Å². The summed E-state index contributed by atoms with van der Waals surface area (Å²) < 4.78 is 17.1. The summed E-state index contributed by atoms with van der Waals surface area (Å²) >= 11 is 2.00. The van der Waals surface area contributed by atoms with Crippen LogP contribution in [0.15, 0.2) is 41.5 Å². The number of para-hydroxylation sites is 2. The third-order valence-corrected chi connectivity index (χ3v) is 4.36. The monoisotopic (exact) mass is 468 g/mol. The van der Waals surface area contributed by atoms with Gasteiger partial charge in [0, 0.05) is 0 Å². The van der Waals surface area contributed by atoms with Crippen LogP contribution in [-0.4, -0.2) is 36.5 Å². The highest BCUT2D eigenvalue weighted by Gasteiger charge is 2.26. The molecule has 1 amide bonds. The molecule has 8 heteroatoms. The number of amides is 1. The van der Waals surface area contributed by atoms with Crippen molar-refractivity contribution in [2.45, 2.75) is 13.0 Å². The molecule has 0 saturated carbocycles. The summed E-state index contributed by atoms with van der Waals surface area (Å²) in [5.74, 6) is 1.18. The van der Waals surface area contributed by atoms with Crippen LogP contribution in [0.1, 0.15) is 12.5 Å². The van der Waals surface area contributed by atoms with Gasteiger partial charge in [-0.1, -0.05) is 12.1 Å². The zero-order chi connectivity index (χ0) is 18.5. The van der Waals surface area contributed by atoms with E-state index in [0.717, 1.165) is 0 Å². The standard InChI is InChI=1S/C18H17IN2O5/c1-2-24-15-8-11(7-12(19)17(15)22)9-20-21-18(23)16-10-25-13-5-3-4-6-14(13)26-16/h3-9,16,22H,2,10H2,1H3,(H,21,23). The smallest absolute Gasteiger partial charge is 0.284 e. The Morgan fingerprint density at radius 1 is 1.42 bits per heavy atom. The molecule has 1 unspecified atom stereocenters. The van der Waals surface area contributed by atoms with Crippen molar-refractivity contribution < 1.29 is 24.1 Å². The molecule has 2 aromatic carbocycles. The van der Waals surface area contributed by atoms with Gasteiger partial charge in [0.25, 0.3) is 5.91 Å². The number of rotatable bonds is 5. The zero-order valence-electron chi connectivity index (χ0n) is 13.9. The molecule has 7 nitrogen and oxygen atoms in total. The second-order valence-corrected chi connectivity index (χ2v) is 6.54. The number of benzene rings is 2. The van der Waals surface area contributed by atoms with Crippen LogP contribution < -0.4 is 19.6 Å². The number of nitrogens with one attached hydrogen (secondary N) is 1. The number of halogens is 1. The van der Waals surface area contributed by atoms with Crippen LogP contribution in [-0.2, 0) is 4.79 Å². The van der Waals surface area contributed by atoms with Crippen molar-refractivity contribution in [1.29, 1.82) is 0 Å². The molecular formula is C18H17IN2O5. The second-order valence-electron chi connectivity index (χ2n) is 5.38. The quantitative estimate of drug-likeness (QED) is 0.400. The second kappa shape index (κ2) is 8.26. The van der Waals surface area contributed by atoms with Gasteiger partial charge in [-0.05, 0) is 59.3 Å². The van der Waals surface area contributed by atoms with Crippen LogP contribution in [0.3, 0.4) is 0 Å². The average molecular weight is 468 g/mol. The molecule has 0 fully saturated rings. The van der Waals surface area contributed by atoms with Crippen molar-refractivity contribution in [3.05, 3.63) is 45.5 Å². The van der Waals surface area contributed by atoms with Crippen LogP contribution in [0.4, 0.5) is 0 Å². The number of nitrogens with zero attached hydrogens (tertiary/aromatic N) is 1. The van der Waals surface area contributed by atoms with Crippen LogP contribution in [0, 0.1) is 3.57 Å². The van der Waals surface area contributed by atoms with Crippen LogP contribution >= 0.6 is 22.6 Å². The number of ether oxygens (including phenoxy) is 3. The Balaban J connectivity index is 1.63. The number of carbonyl (C=O) groups excluding carboxylic acids is 1. The maximum atomic E-state index is 12.2. The molecule has 0 saturated heterocycles. The SMILES string of the molecule is CCOc1cc(C=NNC(=O)C2COc3ccccc3O2)cc(I)c1O. The van der Waals surface area contributed by atoms with Gasteiger partial charge in [-0.2, -0.15) is 5.10 Å². The lowest BCUT2D eigenvalue weighted by Gasteiger charge is -2.24. The Morgan fingerprint density at radius 3 is 2.96 bits per heavy atom. The fraction of sp³-hybridized carbons (Fsp3) is 0.222. The first-order chi connectivity index (χ1) is 12.6. The highest BCUT2D eigenvalue weighted by Crippen LogP contribution is 2.32. The van der Waals surface area contributed by atoms with Gasteiger partial charge in [0.15, 0.2) is 23.0 Å². The van der Waals surface area contributed by atoms with Crippen LogP contribution in [0.5, 0.6) is 23.0 Å². The zero-order valence-corrected chi connectivity index (χ0v) is 16.1. The molecule has 1 heterocycles. The molecule has 0 radical (unpaired) electrons. The minimum absolute atomic E-state index is 0.0834. The summed E-state index contributed by atoms with van der Waals surface area (Å²) in [6, 6.07) is 10.5. The van der Waals surface area contributed by atoms with Gasteiger partial charge in [-0.3, -0.25) is 4.79 Å². The van der Waals surface area contributed by atoms with Gasteiger partial charge in [0.2, 0.25) is 6.10 Å². The van der Waals surface area contributed by atoms with E-state index in [1.807, 2.05) is 41.6 Å². The molecular weight excluding hydrogens is 451 g/mol. The highest BCUT2D eigenvalue weighted by atomic mass is 127. The number of hydrazone groups is 1. The lowest BCUT2D eigenvalue weighted by atomic mass is 10.2. The van der Waals surface area contributed by atoms with E-state index in [-0.39, 0.29) is 12.4 Å². The Bertz CT molecular complexity index is 840. The van der Waals surface area contributed by atoms with Crippen molar-refractivity contribution >= 4 is 34.7 Å². The van der Waals surface area contributed by atoms with Crippen molar-refractivity contribution in [2.24, 2.45) is 5.10 Å². The van der Waals surface area contributed by atoms with Crippen molar-refractivity contribution in [3.63, 3.8) is 0 Å². The molecule has 0 aromatic heterocycles. The van der Waals surface area contributed by atoms with E-state index < -0.39 is 12.0 Å². The molecule has 3 rings (SSSR count). The van der Waals surface area contributed by atoms with Gasteiger partial charge >= 0.3 is 0 Å². The predicted molar refractivity (Wildman–Crippen MR) is 104 cm³/mol. The van der Waals surface area contributed by atoms with Crippen LogP contribution in [0.2, 0.25) is 0 Å².